The van der Waals surface area contributed by atoms with E-state index in [1.165, 1.54) is 0 Å². The van der Waals surface area contributed by atoms with Crippen LogP contribution >= 0.6 is 15.9 Å². The van der Waals surface area contributed by atoms with Gasteiger partial charge < -0.3 is 10.4 Å². The SMILES string of the molecule is CC(CC(=O)O)CC(=O)Nc1cc(Br)ccc1C#N. The molecule has 0 aliphatic carbocycles. The van der Waals surface area contributed by atoms with Crippen LogP contribution in [0.2, 0.25) is 0 Å². The molecule has 1 rings (SSSR count). The lowest BCUT2D eigenvalue weighted by atomic mass is 10.0. The number of carbonyl (C=O) groups excluding carboxylic acids is 1. The third kappa shape index (κ3) is 5.10. The Balaban J connectivity index is 2.69. The van der Waals surface area contributed by atoms with Crippen molar-refractivity contribution in [2.45, 2.75) is 19.8 Å². The highest BCUT2D eigenvalue weighted by molar-refractivity contribution is 9.10. The van der Waals surface area contributed by atoms with Crippen LogP contribution in [0.3, 0.4) is 0 Å². The van der Waals surface area contributed by atoms with Crippen LogP contribution in [0, 0.1) is 17.2 Å². The Morgan fingerprint density at radius 3 is 2.74 bits per heavy atom. The third-order valence-electron chi connectivity index (χ3n) is 2.43. The Hall–Kier alpha value is -1.87. The van der Waals surface area contributed by atoms with Crippen molar-refractivity contribution in [2.75, 3.05) is 5.32 Å². The molecule has 0 radical (unpaired) electrons. The van der Waals surface area contributed by atoms with Crippen LogP contribution in [0.1, 0.15) is 25.3 Å². The maximum absolute atomic E-state index is 11.8. The van der Waals surface area contributed by atoms with Crippen LogP contribution in [-0.2, 0) is 9.59 Å². The zero-order valence-electron chi connectivity index (χ0n) is 10.3. The Morgan fingerprint density at radius 2 is 2.16 bits per heavy atom. The number of rotatable bonds is 5. The molecule has 0 spiro atoms. The Labute approximate surface area is 119 Å². The molecule has 0 saturated carbocycles. The number of carboxylic acid groups (broad SMARTS) is 1. The number of hydrogen-bond acceptors (Lipinski definition) is 3. The number of nitriles is 1. The summed E-state index contributed by atoms with van der Waals surface area (Å²) in [6.07, 6.45) is 0.0424. The standard InChI is InChI=1S/C13H13BrN2O3/c1-8(5-13(18)19)4-12(17)16-11-6-10(14)3-2-9(11)7-15/h2-3,6,8H,4-5H2,1H3,(H,16,17)(H,18,19). The molecule has 0 bridgehead atoms. The van der Waals surface area contributed by atoms with E-state index in [0.717, 1.165) is 4.47 Å². The molecule has 1 aromatic carbocycles. The lowest BCUT2D eigenvalue weighted by molar-refractivity contribution is -0.138. The lowest BCUT2D eigenvalue weighted by Gasteiger charge is -2.10. The van der Waals surface area contributed by atoms with Gasteiger partial charge in [0.15, 0.2) is 0 Å². The first kappa shape index (κ1) is 15.2. The van der Waals surface area contributed by atoms with Gasteiger partial charge in [-0.05, 0) is 24.1 Å². The Bertz CT molecular complexity index is 537. The van der Waals surface area contributed by atoms with Crippen LogP contribution in [0.25, 0.3) is 0 Å². The highest BCUT2D eigenvalue weighted by Gasteiger charge is 2.14. The van der Waals surface area contributed by atoms with Gasteiger partial charge in [-0.15, -0.1) is 0 Å². The van der Waals surface area contributed by atoms with E-state index in [1.54, 1.807) is 25.1 Å². The molecule has 0 saturated heterocycles. The summed E-state index contributed by atoms with van der Waals surface area (Å²) in [4.78, 5) is 22.3. The normalized spacial score (nSPS) is 11.4. The largest absolute Gasteiger partial charge is 0.481 e. The summed E-state index contributed by atoms with van der Waals surface area (Å²) >= 11 is 3.26. The van der Waals surface area contributed by atoms with Gasteiger partial charge in [0.2, 0.25) is 5.91 Å². The zero-order valence-corrected chi connectivity index (χ0v) is 11.9. The fourth-order valence-corrected chi connectivity index (χ4v) is 1.97. The van der Waals surface area contributed by atoms with Gasteiger partial charge >= 0.3 is 5.97 Å². The average molecular weight is 325 g/mol. The first-order chi connectivity index (χ1) is 8.92. The van der Waals surface area contributed by atoms with E-state index in [4.69, 9.17) is 10.4 Å². The number of aliphatic carboxylic acids is 1. The molecule has 6 heteroatoms. The van der Waals surface area contributed by atoms with Gasteiger partial charge in [-0.3, -0.25) is 9.59 Å². The van der Waals surface area contributed by atoms with E-state index in [9.17, 15) is 9.59 Å². The third-order valence-corrected chi connectivity index (χ3v) is 2.93. The maximum atomic E-state index is 11.8. The van der Waals surface area contributed by atoms with Crippen molar-refractivity contribution in [2.24, 2.45) is 5.92 Å². The molecule has 1 amide bonds. The van der Waals surface area contributed by atoms with Gasteiger partial charge in [0.25, 0.3) is 0 Å². The first-order valence-electron chi connectivity index (χ1n) is 5.63. The Morgan fingerprint density at radius 1 is 1.47 bits per heavy atom. The molecule has 0 aromatic heterocycles. The highest BCUT2D eigenvalue weighted by Crippen LogP contribution is 2.21. The molecular formula is C13H13BrN2O3. The number of nitrogens with one attached hydrogen (secondary N) is 1. The smallest absolute Gasteiger partial charge is 0.303 e. The molecule has 0 fully saturated rings. The van der Waals surface area contributed by atoms with Gasteiger partial charge in [-0.25, -0.2) is 0 Å². The van der Waals surface area contributed by atoms with Gasteiger partial charge in [-0.1, -0.05) is 22.9 Å². The number of carbonyl (C=O) groups is 2. The van der Waals surface area contributed by atoms with Crippen molar-refractivity contribution in [3.8, 4) is 6.07 Å². The van der Waals surface area contributed by atoms with Crippen LogP contribution in [0.4, 0.5) is 5.69 Å². The highest BCUT2D eigenvalue weighted by atomic mass is 79.9. The number of benzene rings is 1. The second-order valence-corrected chi connectivity index (χ2v) is 5.17. The molecule has 1 unspecified atom stereocenters. The summed E-state index contributed by atoms with van der Waals surface area (Å²) in [6.45, 7) is 1.69. The van der Waals surface area contributed by atoms with Gasteiger partial charge in [0.1, 0.15) is 6.07 Å². The number of carboxylic acids is 1. The first-order valence-corrected chi connectivity index (χ1v) is 6.43. The van der Waals surface area contributed by atoms with Crippen molar-refractivity contribution < 1.29 is 14.7 Å². The molecule has 19 heavy (non-hydrogen) atoms. The molecular weight excluding hydrogens is 312 g/mol. The molecule has 1 atom stereocenters. The second-order valence-electron chi connectivity index (χ2n) is 4.26. The topological polar surface area (TPSA) is 90.2 Å². The van der Waals surface area contributed by atoms with Crippen molar-refractivity contribution in [3.63, 3.8) is 0 Å². The minimum Gasteiger partial charge on any atom is -0.481 e. The monoisotopic (exact) mass is 324 g/mol. The molecule has 0 aliphatic rings. The summed E-state index contributed by atoms with van der Waals surface area (Å²) in [5.74, 6) is -1.49. The number of anilines is 1. The molecule has 5 nitrogen and oxygen atoms in total. The van der Waals surface area contributed by atoms with E-state index in [0.29, 0.717) is 11.3 Å². The van der Waals surface area contributed by atoms with E-state index in [1.807, 2.05) is 6.07 Å². The van der Waals surface area contributed by atoms with Gasteiger partial charge in [0.05, 0.1) is 11.3 Å². The fourth-order valence-electron chi connectivity index (χ4n) is 1.61. The zero-order chi connectivity index (χ0) is 14.4. The van der Waals surface area contributed by atoms with E-state index in [-0.39, 0.29) is 24.7 Å². The van der Waals surface area contributed by atoms with Crippen molar-refractivity contribution in [1.29, 1.82) is 5.26 Å². The van der Waals surface area contributed by atoms with Gasteiger partial charge in [0, 0.05) is 17.3 Å². The predicted molar refractivity (Wildman–Crippen MR) is 73.5 cm³/mol. The number of amides is 1. The Kier molecular flexibility index (Phi) is 5.52. The van der Waals surface area contributed by atoms with E-state index >= 15 is 0 Å². The molecule has 0 heterocycles. The second kappa shape index (κ2) is 6.90. The quantitative estimate of drug-likeness (QED) is 0.871. The van der Waals surface area contributed by atoms with Crippen molar-refractivity contribution in [3.05, 3.63) is 28.2 Å². The van der Waals surface area contributed by atoms with Crippen molar-refractivity contribution >= 4 is 33.5 Å². The summed E-state index contributed by atoms with van der Waals surface area (Å²) in [6, 6.07) is 6.93. The molecule has 100 valence electrons. The predicted octanol–water partition coefficient (Wildman–Crippen LogP) is 2.76. The van der Waals surface area contributed by atoms with Crippen LogP contribution in [0.5, 0.6) is 0 Å². The van der Waals surface area contributed by atoms with Crippen molar-refractivity contribution in [1.82, 2.24) is 0 Å². The van der Waals surface area contributed by atoms with E-state index < -0.39 is 5.97 Å². The van der Waals surface area contributed by atoms with Crippen LogP contribution in [0.15, 0.2) is 22.7 Å². The summed E-state index contributed by atoms with van der Waals surface area (Å²) in [5, 5.41) is 20.2. The van der Waals surface area contributed by atoms with Crippen LogP contribution in [-0.4, -0.2) is 17.0 Å². The van der Waals surface area contributed by atoms with Gasteiger partial charge in [-0.2, -0.15) is 5.26 Å². The summed E-state index contributed by atoms with van der Waals surface area (Å²) in [7, 11) is 0. The molecule has 1 aromatic rings. The summed E-state index contributed by atoms with van der Waals surface area (Å²) < 4.78 is 0.750. The van der Waals surface area contributed by atoms with Crippen LogP contribution < -0.4 is 5.32 Å². The lowest BCUT2D eigenvalue weighted by Crippen LogP contribution is -2.17. The summed E-state index contributed by atoms with van der Waals surface area (Å²) in [5.41, 5.74) is 0.784. The molecule has 0 aliphatic heterocycles. The minimum atomic E-state index is -0.930. The van der Waals surface area contributed by atoms with E-state index in [2.05, 4.69) is 21.2 Å². The number of hydrogen-bond donors (Lipinski definition) is 2. The number of halogens is 1. The maximum Gasteiger partial charge on any atom is 0.303 e. The fraction of sp³-hybridized carbons (Fsp3) is 0.308. The minimum absolute atomic E-state index is 0.0585. The molecule has 2 N–H and O–H groups in total. The number of nitrogens with zero attached hydrogens (tertiary/aromatic N) is 1. The average Bonchev–Trinajstić information content (AvgIpc) is 2.27.